The molecule has 0 fully saturated rings. The van der Waals surface area contributed by atoms with Crippen molar-refractivity contribution in [2.24, 2.45) is 10.7 Å². The van der Waals surface area contributed by atoms with Crippen LogP contribution in [0.25, 0.3) is 0 Å². The minimum atomic E-state index is -4.64. The number of nitrogens with one attached hydrogen (secondary N) is 1. The Morgan fingerprint density at radius 3 is 1.83 bits per heavy atom. The van der Waals surface area contributed by atoms with Crippen LogP contribution in [0.15, 0.2) is 70.2 Å². The lowest BCUT2D eigenvalue weighted by molar-refractivity contribution is -0.143. The first-order valence-corrected chi connectivity index (χ1v) is 18.4. The molecule has 0 saturated heterocycles. The van der Waals surface area contributed by atoms with Gasteiger partial charge < -0.3 is 10.5 Å². The van der Waals surface area contributed by atoms with Gasteiger partial charge in [0.1, 0.15) is 5.70 Å². The molecule has 262 valence electrons. The molecule has 0 radical (unpaired) electrons. The molecule has 2 rings (SSSR count). The molecule has 0 unspecified atom stereocenters. The zero-order chi connectivity index (χ0) is 34.2. The number of alkyl halides is 3. The van der Waals surface area contributed by atoms with Crippen molar-refractivity contribution in [1.82, 2.24) is 4.72 Å². The first-order valence-electron chi connectivity index (χ1n) is 17.5. The summed E-state index contributed by atoms with van der Waals surface area (Å²) in [5.41, 5.74) is 6.21. The lowest BCUT2D eigenvalue weighted by Gasteiger charge is -2.09. The van der Waals surface area contributed by atoms with E-state index in [2.05, 4.69) is 16.6 Å². The Balaban J connectivity index is 1.55. The molecule has 0 atom stereocenters. The summed E-state index contributed by atoms with van der Waals surface area (Å²) in [5, 5.41) is 0. The molecule has 0 aliphatic rings. The largest absolute Gasteiger partial charge is 0.466 e. The lowest BCUT2D eigenvalue weighted by Crippen LogP contribution is -2.20. The Hall–Kier alpha value is -2.78. The van der Waals surface area contributed by atoms with E-state index < -0.39 is 11.9 Å². The van der Waals surface area contributed by atoms with Gasteiger partial charge in [-0.1, -0.05) is 133 Å². The number of aliphatic imine (C=N–C) groups is 1. The van der Waals surface area contributed by atoms with E-state index >= 15 is 0 Å². The smallest absolute Gasteiger partial charge is 0.430 e. The minimum absolute atomic E-state index is 0.122. The average Bonchev–Trinajstić information content (AvgIpc) is 3.05. The van der Waals surface area contributed by atoms with Crippen LogP contribution in [0.3, 0.4) is 0 Å². The zero-order valence-electron chi connectivity index (χ0n) is 28.5. The van der Waals surface area contributed by atoms with Crippen molar-refractivity contribution < 1.29 is 22.7 Å². The summed E-state index contributed by atoms with van der Waals surface area (Å²) >= 11 is 1.37. The fraction of sp³-hybridized carbons (Fsp3) is 0.579. The number of hydrogen-bond donors (Lipinski definition) is 2. The van der Waals surface area contributed by atoms with Crippen molar-refractivity contribution in [3.8, 4) is 0 Å². The Labute approximate surface area is 285 Å². The highest BCUT2D eigenvalue weighted by molar-refractivity contribution is 7.97. The number of carbonyl (C=O) groups excluding carboxylic acids is 1. The van der Waals surface area contributed by atoms with Gasteiger partial charge in [-0.15, -0.1) is 0 Å². The molecule has 0 saturated carbocycles. The van der Waals surface area contributed by atoms with Gasteiger partial charge in [0.2, 0.25) is 0 Å². The third-order valence-corrected chi connectivity index (χ3v) is 8.79. The fourth-order valence-corrected chi connectivity index (χ4v) is 5.70. The Bertz CT molecular complexity index is 1180. The molecule has 47 heavy (non-hydrogen) atoms. The van der Waals surface area contributed by atoms with Gasteiger partial charge >= 0.3 is 12.1 Å². The average molecular weight is 676 g/mol. The highest BCUT2D eigenvalue weighted by Gasteiger charge is 2.31. The third kappa shape index (κ3) is 19.6. The van der Waals surface area contributed by atoms with Crippen LogP contribution in [0.5, 0.6) is 0 Å². The van der Waals surface area contributed by atoms with Crippen LogP contribution >= 0.6 is 11.9 Å². The van der Waals surface area contributed by atoms with Crippen molar-refractivity contribution in [2.75, 3.05) is 13.2 Å². The summed E-state index contributed by atoms with van der Waals surface area (Å²) < 4.78 is 47.8. The van der Waals surface area contributed by atoms with Gasteiger partial charge in [-0.25, -0.2) is 4.99 Å². The second-order valence-corrected chi connectivity index (χ2v) is 13.2. The van der Waals surface area contributed by atoms with Crippen molar-refractivity contribution >= 4 is 29.3 Å². The van der Waals surface area contributed by atoms with E-state index in [1.54, 1.807) is 24.3 Å². The van der Waals surface area contributed by atoms with E-state index in [-0.39, 0.29) is 18.1 Å². The number of nitrogens with two attached hydrogens (primary N) is 1. The standard InChI is InChI=1S/C38H56F3N3O2S/c1-3-4-5-6-7-8-9-10-11-12-13-14-15-16-17-18-29-46-37(45)27-28-43-47-34-25-23-33(24-26-34)44-35(30-36(42)38(39,40)41)32-21-19-31(2)20-22-32/h19-26,30,43H,3-18,27-29,42H2,1-2H3. The van der Waals surface area contributed by atoms with Crippen molar-refractivity contribution in [1.29, 1.82) is 0 Å². The van der Waals surface area contributed by atoms with Crippen LogP contribution in [-0.4, -0.2) is 31.0 Å². The first-order chi connectivity index (χ1) is 22.7. The van der Waals surface area contributed by atoms with Gasteiger partial charge in [-0.05, 0) is 55.6 Å². The second-order valence-electron chi connectivity index (χ2n) is 12.2. The van der Waals surface area contributed by atoms with E-state index in [1.807, 2.05) is 31.2 Å². The van der Waals surface area contributed by atoms with Gasteiger partial charge in [0.15, 0.2) is 0 Å². The molecule has 0 heterocycles. The van der Waals surface area contributed by atoms with E-state index in [9.17, 15) is 18.0 Å². The Morgan fingerprint density at radius 1 is 0.809 bits per heavy atom. The van der Waals surface area contributed by atoms with Crippen LogP contribution in [0.2, 0.25) is 0 Å². The predicted molar refractivity (Wildman–Crippen MR) is 191 cm³/mol. The summed E-state index contributed by atoms with van der Waals surface area (Å²) in [6.45, 7) is 5.10. The van der Waals surface area contributed by atoms with Gasteiger partial charge in [-0.2, -0.15) is 13.2 Å². The maximum Gasteiger partial charge on any atom is 0.430 e. The van der Waals surface area contributed by atoms with E-state index in [0.29, 0.717) is 24.4 Å². The van der Waals surface area contributed by atoms with Crippen LogP contribution in [-0.2, 0) is 9.53 Å². The summed E-state index contributed by atoms with van der Waals surface area (Å²) in [6, 6.07) is 14.1. The van der Waals surface area contributed by atoms with Gasteiger partial charge in [0.05, 0.1) is 24.4 Å². The van der Waals surface area contributed by atoms with Crippen LogP contribution in [0.4, 0.5) is 18.9 Å². The molecule has 0 aliphatic heterocycles. The first kappa shape index (κ1) is 40.4. The molecule has 3 N–H and O–H groups in total. The maximum atomic E-state index is 13.1. The number of ether oxygens (including phenoxy) is 1. The number of benzene rings is 2. The number of halogens is 3. The third-order valence-electron chi connectivity index (χ3n) is 7.94. The number of carbonyl (C=O) groups is 1. The van der Waals surface area contributed by atoms with Gasteiger partial charge in [0, 0.05) is 17.0 Å². The molecule has 0 bridgehead atoms. The molecule has 0 aromatic heterocycles. The number of allylic oxidation sites excluding steroid dienone is 2. The Kier molecular flexibility index (Phi) is 20.9. The molecule has 2 aromatic carbocycles. The Morgan fingerprint density at radius 2 is 1.32 bits per heavy atom. The van der Waals surface area contributed by atoms with E-state index in [0.717, 1.165) is 29.4 Å². The highest BCUT2D eigenvalue weighted by Crippen LogP contribution is 2.25. The number of aryl methyl sites for hydroxylation is 1. The monoisotopic (exact) mass is 675 g/mol. The summed E-state index contributed by atoms with van der Waals surface area (Å²) in [4.78, 5) is 17.4. The number of esters is 1. The molecule has 5 nitrogen and oxygen atoms in total. The van der Waals surface area contributed by atoms with E-state index in [4.69, 9.17) is 10.5 Å². The normalized spacial score (nSPS) is 12.4. The highest BCUT2D eigenvalue weighted by atomic mass is 32.2. The summed E-state index contributed by atoms with van der Waals surface area (Å²) in [5.74, 6) is -0.210. The van der Waals surface area contributed by atoms with Crippen molar-refractivity contribution in [2.45, 2.75) is 134 Å². The number of unbranched alkanes of at least 4 members (excludes halogenated alkanes) is 15. The number of rotatable bonds is 25. The summed E-state index contributed by atoms with van der Waals surface area (Å²) in [7, 11) is 0. The minimum Gasteiger partial charge on any atom is -0.466 e. The molecule has 0 aliphatic carbocycles. The molecule has 0 spiro atoms. The summed E-state index contributed by atoms with van der Waals surface area (Å²) in [6.07, 6.45) is 17.5. The topological polar surface area (TPSA) is 76.7 Å². The molecular formula is C38H56F3N3O2S. The SMILES string of the molecule is CCCCCCCCCCCCCCCCCCOC(=O)CCNSc1ccc(N=C(C=C(N)C(F)(F)F)c2ccc(C)cc2)cc1. The van der Waals surface area contributed by atoms with E-state index in [1.165, 1.54) is 102 Å². The van der Waals surface area contributed by atoms with Gasteiger partial charge in [0.25, 0.3) is 0 Å². The predicted octanol–water partition coefficient (Wildman–Crippen LogP) is 11.3. The molecular weight excluding hydrogens is 619 g/mol. The van der Waals surface area contributed by atoms with Crippen molar-refractivity contribution in [3.05, 3.63) is 71.4 Å². The number of nitrogens with zero attached hydrogens (tertiary/aromatic N) is 1. The van der Waals surface area contributed by atoms with Crippen molar-refractivity contribution in [3.63, 3.8) is 0 Å². The quantitative estimate of drug-likeness (QED) is 0.0474. The molecule has 2 aromatic rings. The number of hydrogen-bond acceptors (Lipinski definition) is 6. The van der Waals surface area contributed by atoms with Crippen LogP contribution in [0.1, 0.15) is 127 Å². The lowest BCUT2D eigenvalue weighted by atomic mass is 10.0. The second kappa shape index (κ2) is 24.4. The van der Waals surface area contributed by atoms with Crippen LogP contribution < -0.4 is 10.5 Å². The molecule has 9 heteroatoms. The zero-order valence-corrected chi connectivity index (χ0v) is 29.3. The van der Waals surface area contributed by atoms with Crippen LogP contribution in [0, 0.1) is 6.92 Å². The van der Waals surface area contributed by atoms with Gasteiger partial charge in [-0.3, -0.25) is 9.52 Å². The maximum absolute atomic E-state index is 13.1. The molecule has 0 amide bonds. The fourth-order valence-electron chi connectivity index (χ4n) is 5.06.